The van der Waals surface area contributed by atoms with Crippen LogP contribution in [0.5, 0.6) is 0 Å². The van der Waals surface area contributed by atoms with Gasteiger partial charge in [-0.2, -0.15) is 0 Å². The summed E-state index contributed by atoms with van der Waals surface area (Å²) in [5.74, 6) is 1.71. The van der Waals surface area contributed by atoms with Crippen LogP contribution >= 0.6 is 11.6 Å². The number of benzene rings is 1. The van der Waals surface area contributed by atoms with Gasteiger partial charge in [0.15, 0.2) is 0 Å². The van der Waals surface area contributed by atoms with Crippen molar-refractivity contribution in [1.82, 2.24) is 0 Å². The summed E-state index contributed by atoms with van der Waals surface area (Å²) in [5, 5.41) is 4.55. The molecule has 0 aliphatic heterocycles. The minimum absolute atomic E-state index is 0.575. The van der Waals surface area contributed by atoms with Crippen molar-refractivity contribution in [3.05, 3.63) is 23.2 Å². The zero-order chi connectivity index (χ0) is 15.4. The molecule has 118 valence electrons. The van der Waals surface area contributed by atoms with Crippen LogP contribution < -0.4 is 10.2 Å². The van der Waals surface area contributed by atoms with Crippen LogP contribution in [0.3, 0.4) is 0 Å². The molecule has 2 rings (SSSR count). The third-order valence-corrected chi connectivity index (χ3v) is 4.99. The lowest BCUT2D eigenvalue weighted by Gasteiger charge is -2.24. The van der Waals surface area contributed by atoms with Crippen LogP contribution in [0.15, 0.2) is 18.2 Å². The number of halogens is 1. The Hall–Kier alpha value is -0.890. The van der Waals surface area contributed by atoms with Crippen LogP contribution in [0.2, 0.25) is 5.02 Å². The minimum Gasteiger partial charge on any atom is -0.381 e. The predicted molar refractivity (Wildman–Crippen MR) is 94.6 cm³/mol. The normalized spacial score (nSPS) is 23.0. The molecular formula is C18H29ClN2. The Kier molecular flexibility index (Phi) is 5.80. The van der Waals surface area contributed by atoms with Gasteiger partial charge in [-0.15, -0.1) is 0 Å². The Morgan fingerprint density at radius 1 is 1.14 bits per heavy atom. The maximum Gasteiger partial charge on any atom is 0.0597 e. The first-order valence-electron chi connectivity index (χ1n) is 8.20. The summed E-state index contributed by atoms with van der Waals surface area (Å²) in [6.07, 6.45) is 6.59. The summed E-state index contributed by atoms with van der Waals surface area (Å²) in [7, 11) is 4.16. The van der Waals surface area contributed by atoms with Gasteiger partial charge in [0.25, 0.3) is 0 Å². The van der Waals surface area contributed by atoms with E-state index in [4.69, 9.17) is 11.6 Å². The zero-order valence-corrected chi connectivity index (χ0v) is 14.6. The topological polar surface area (TPSA) is 15.3 Å². The van der Waals surface area contributed by atoms with Crippen LogP contribution in [0, 0.1) is 11.8 Å². The highest BCUT2D eigenvalue weighted by molar-refractivity contribution is 6.31. The van der Waals surface area contributed by atoms with E-state index in [0.717, 1.165) is 16.9 Å². The maximum absolute atomic E-state index is 6.18. The van der Waals surface area contributed by atoms with Crippen LogP contribution in [-0.2, 0) is 0 Å². The minimum atomic E-state index is 0.575. The van der Waals surface area contributed by atoms with E-state index in [2.05, 4.69) is 50.3 Å². The molecule has 1 aromatic carbocycles. The fourth-order valence-electron chi connectivity index (χ4n) is 3.38. The number of nitrogens with one attached hydrogen (secondary N) is 1. The van der Waals surface area contributed by atoms with Crippen LogP contribution in [0.4, 0.5) is 11.4 Å². The van der Waals surface area contributed by atoms with Gasteiger partial charge in [-0.1, -0.05) is 38.3 Å². The van der Waals surface area contributed by atoms with Gasteiger partial charge in [0, 0.05) is 25.2 Å². The van der Waals surface area contributed by atoms with Gasteiger partial charge in [-0.05, 0) is 49.3 Å². The second-order valence-electron chi connectivity index (χ2n) is 6.91. The quantitative estimate of drug-likeness (QED) is 0.747. The molecule has 0 saturated heterocycles. The lowest BCUT2D eigenvalue weighted by Crippen LogP contribution is -2.21. The van der Waals surface area contributed by atoms with Gasteiger partial charge < -0.3 is 10.2 Å². The Balaban J connectivity index is 2.06. The van der Waals surface area contributed by atoms with Crippen molar-refractivity contribution in [3.8, 4) is 0 Å². The van der Waals surface area contributed by atoms with Gasteiger partial charge in [-0.25, -0.2) is 0 Å². The van der Waals surface area contributed by atoms with Crippen LogP contribution in [0.1, 0.15) is 46.0 Å². The molecule has 1 fully saturated rings. The number of hydrogen-bond donors (Lipinski definition) is 1. The number of nitrogens with zero attached hydrogens (tertiary/aromatic N) is 1. The smallest absolute Gasteiger partial charge is 0.0597 e. The molecule has 1 N–H and O–H groups in total. The van der Waals surface area contributed by atoms with Gasteiger partial charge in [0.05, 0.1) is 11.4 Å². The molecule has 0 spiro atoms. The molecule has 0 bridgehead atoms. The van der Waals surface area contributed by atoms with E-state index in [1.165, 1.54) is 43.5 Å². The van der Waals surface area contributed by atoms with E-state index in [1.807, 2.05) is 6.07 Å². The van der Waals surface area contributed by atoms with E-state index in [0.29, 0.717) is 6.04 Å². The average Bonchev–Trinajstić information content (AvgIpc) is 2.64. The van der Waals surface area contributed by atoms with Crippen molar-refractivity contribution in [1.29, 1.82) is 0 Å². The highest BCUT2D eigenvalue weighted by atomic mass is 35.5. The standard InChI is InChI=1S/C18H29ClN2/c1-13(2)14-6-5-7-16(10-8-14)20-17-12-15(19)9-11-18(17)21(3)4/h9,11-14,16,20H,5-8,10H2,1-4H3. The molecule has 1 aliphatic rings. The number of rotatable bonds is 4. The van der Waals surface area contributed by atoms with Crippen molar-refractivity contribution in [2.75, 3.05) is 24.3 Å². The molecule has 1 aromatic rings. The van der Waals surface area contributed by atoms with Crippen molar-refractivity contribution in [2.24, 2.45) is 11.8 Å². The fraction of sp³-hybridized carbons (Fsp3) is 0.667. The molecule has 2 nitrogen and oxygen atoms in total. The summed E-state index contributed by atoms with van der Waals surface area (Å²) < 4.78 is 0. The van der Waals surface area contributed by atoms with Crippen LogP contribution in [-0.4, -0.2) is 20.1 Å². The predicted octanol–water partition coefficient (Wildman–Crippen LogP) is 5.42. The third-order valence-electron chi connectivity index (χ3n) is 4.76. The largest absolute Gasteiger partial charge is 0.381 e. The van der Waals surface area contributed by atoms with Crippen molar-refractivity contribution in [3.63, 3.8) is 0 Å². The SMILES string of the molecule is CC(C)C1CCCC(Nc2cc(Cl)ccc2N(C)C)CC1. The summed E-state index contributed by atoms with van der Waals surface area (Å²) in [4.78, 5) is 2.15. The van der Waals surface area contributed by atoms with Gasteiger partial charge in [0.1, 0.15) is 0 Å². The second-order valence-corrected chi connectivity index (χ2v) is 7.35. The third kappa shape index (κ3) is 4.54. The van der Waals surface area contributed by atoms with Gasteiger partial charge in [0.2, 0.25) is 0 Å². The molecule has 3 heteroatoms. The Labute approximate surface area is 134 Å². The molecule has 0 aromatic heterocycles. The molecule has 0 heterocycles. The van der Waals surface area contributed by atoms with Crippen molar-refractivity contribution in [2.45, 2.75) is 52.0 Å². The molecular weight excluding hydrogens is 280 g/mol. The highest BCUT2D eigenvalue weighted by Crippen LogP contribution is 2.33. The number of hydrogen-bond acceptors (Lipinski definition) is 2. The Morgan fingerprint density at radius 2 is 1.90 bits per heavy atom. The maximum atomic E-state index is 6.18. The van der Waals surface area contributed by atoms with Gasteiger partial charge in [-0.3, -0.25) is 0 Å². The Bertz CT molecular complexity index is 457. The Morgan fingerprint density at radius 3 is 2.57 bits per heavy atom. The lowest BCUT2D eigenvalue weighted by atomic mass is 9.89. The zero-order valence-electron chi connectivity index (χ0n) is 13.8. The van der Waals surface area contributed by atoms with E-state index in [1.54, 1.807) is 0 Å². The summed E-state index contributed by atoms with van der Waals surface area (Å²) in [6.45, 7) is 4.72. The van der Waals surface area contributed by atoms with E-state index < -0.39 is 0 Å². The first kappa shape index (κ1) is 16.5. The molecule has 2 atom stereocenters. The first-order chi connectivity index (χ1) is 9.97. The second kappa shape index (κ2) is 7.40. The first-order valence-corrected chi connectivity index (χ1v) is 8.58. The van der Waals surface area contributed by atoms with Crippen LogP contribution in [0.25, 0.3) is 0 Å². The lowest BCUT2D eigenvalue weighted by molar-refractivity contribution is 0.341. The number of anilines is 2. The summed E-state index contributed by atoms with van der Waals surface area (Å²) in [5.41, 5.74) is 2.38. The molecule has 21 heavy (non-hydrogen) atoms. The van der Waals surface area contributed by atoms with E-state index in [9.17, 15) is 0 Å². The summed E-state index contributed by atoms with van der Waals surface area (Å²) in [6, 6.07) is 6.69. The average molecular weight is 309 g/mol. The van der Waals surface area contributed by atoms with Crippen molar-refractivity contribution < 1.29 is 0 Å². The molecule has 2 unspecified atom stereocenters. The molecule has 0 amide bonds. The van der Waals surface area contributed by atoms with E-state index in [-0.39, 0.29) is 0 Å². The highest BCUT2D eigenvalue weighted by Gasteiger charge is 2.21. The van der Waals surface area contributed by atoms with E-state index >= 15 is 0 Å². The monoisotopic (exact) mass is 308 g/mol. The van der Waals surface area contributed by atoms with Gasteiger partial charge >= 0.3 is 0 Å². The molecule has 1 aliphatic carbocycles. The summed E-state index contributed by atoms with van der Waals surface area (Å²) >= 11 is 6.18. The molecule has 0 radical (unpaired) electrons. The van der Waals surface area contributed by atoms with Crippen molar-refractivity contribution >= 4 is 23.0 Å². The molecule has 1 saturated carbocycles. The fourth-order valence-corrected chi connectivity index (χ4v) is 3.55.